The second-order valence-corrected chi connectivity index (χ2v) is 9.32. The number of nitrogens with one attached hydrogen (secondary N) is 2. The van der Waals surface area contributed by atoms with Gasteiger partial charge < -0.3 is 10.1 Å². The van der Waals surface area contributed by atoms with Gasteiger partial charge >= 0.3 is 0 Å². The molecule has 0 unspecified atom stereocenters. The lowest BCUT2D eigenvalue weighted by atomic mass is 9.89. The zero-order valence-electron chi connectivity index (χ0n) is 16.5. The molecule has 31 heavy (non-hydrogen) atoms. The predicted molar refractivity (Wildman–Crippen MR) is 120 cm³/mol. The molecule has 0 saturated heterocycles. The maximum Gasteiger partial charge on any atom is 0.262 e. The van der Waals surface area contributed by atoms with Gasteiger partial charge in [-0.15, -0.1) is 0 Å². The van der Waals surface area contributed by atoms with Gasteiger partial charge in [-0.1, -0.05) is 72.3 Å². The lowest BCUT2D eigenvalue weighted by molar-refractivity contribution is -0.118. The van der Waals surface area contributed by atoms with E-state index in [1.165, 1.54) is 12.1 Å². The summed E-state index contributed by atoms with van der Waals surface area (Å²) in [6.45, 7) is 0.0547. The van der Waals surface area contributed by atoms with E-state index in [-0.39, 0.29) is 40.6 Å². The van der Waals surface area contributed by atoms with E-state index < -0.39 is 10.0 Å². The van der Waals surface area contributed by atoms with Crippen LogP contribution < -0.4 is 14.8 Å². The van der Waals surface area contributed by atoms with Gasteiger partial charge in [0.25, 0.3) is 5.91 Å². The van der Waals surface area contributed by atoms with E-state index in [9.17, 15) is 13.2 Å². The first-order chi connectivity index (χ1) is 14.9. The average molecular weight is 457 g/mol. The lowest BCUT2D eigenvalue weighted by Gasteiger charge is -2.20. The number of benzene rings is 3. The summed E-state index contributed by atoms with van der Waals surface area (Å²) in [5.41, 5.74) is 2.58. The molecule has 2 N–H and O–H groups in total. The van der Waals surface area contributed by atoms with Crippen molar-refractivity contribution in [3.05, 3.63) is 88.9 Å². The molecule has 3 aromatic rings. The van der Waals surface area contributed by atoms with E-state index in [0.717, 1.165) is 11.1 Å². The molecule has 160 valence electrons. The molecule has 0 bridgehead atoms. The zero-order valence-corrected chi connectivity index (χ0v) is 18.1. The minimum absolute atomic E-state index is 0.0136. The zero-order chi connectivity index (χ0) is 21.8. The van der Waals surface area contributed by atoms with Gasteiger partial charge in [0.05, 0.1) is 10.7 Å². The SMILES string of the molecule is O=C1COc2cc(S(=O)(=O)NCCC(c3ccccc3)c3ccccc3)c(Cl)cc2N1. The van der Waals surface area contributed by atoms with Crippen molar-refractivity contribution in [2.24, 2.45) is 0 Å². The van der Waals surface area contributed by atoms with Crippen LogP contribution in [0.4, 0.5) is 5.69 Å². The predicted octanol–water partition coefficient (Wildman–Crippen LogP) is 4.17. The Morgan fingerprint density at radius 2 is 1.61 bits per heavy atom. The fourth-order valence-electron chi connectivity index (χ4n) is 3.60. The fourth-order valence-corrected chi connectivity index (χ4v) is 5.19. The van der Waals surface area contributed by atoms with Crippen molar-refractivity contribution < 1.29 is 17.9 Å². The Labute approximate surface area is 186 Å². The third-order valence-corrected chi connectivity index (χ3v) is 7.01. The summed E-state index contributed by atoms with van der Waals surface area (Å²) in [4.78, 5) is 11.4. The van der Waals surface area contributed by atoms with Crippen LogP contribution in [0, 0.1) is 0 Å². The minimum atomic E-state index is -3.87. The smallest absolute Gasteiger partial charge is 0.262 e. The Morgan fingerprint density at radius 3 is 2.23 bits per heavy atom. The molecule has 8 heteroatoms. The number of halogens is 1. The molecule has 0 radical (unpaired) electrons. The Hall–Kier alpha value is -2.87. The van der Waals surface area contributed by atoms with Crippen LogP contribution in [-0.4, -0.2) is 27.5 Å². The number of sulfonamides is 1. The molecule has 1 heterocycles. The molecular formula is C23H21ClN2O4S. The normalized spacial score (nSPS) is 13.4. The maximum atomic E-state index is 12.9. The van der Waals surface area contributed by atoms with Crippen molar-refractivity contribution in [3.8, 4) is 5.75 Å². The van der Waals surface area contributed by atoms with Crippen LogP contribution in [0.5, 0.6) is 5.75 Å². The average Bonchev–Trinajstić information content (AvgIpc) is 2.77. The topological polar surface area (TPSA) is 84.5 Å². The fraction of sp³-hybridized carbons (Fsp3) is 0.174. The molecule has 4 rings (SSSR count). The van der Waals surface area contributed by atoms with Gasteiger partial charge in [0.15, 0.2) is 6.61 Å². The van der Waals surface area contributed by atoms with Gasteiger partial charge in [-0.2, -0.15) is 0 Å². The van der Waals surface area contributed by atoms with Crippen molar-refractivity contribution in [1.82, 2.24) is 4.72 Å². The molecule has 3 aromatic carbocycles. The monoisotopic (exact) mass is 456 g/mol. The summed E-state index contributed by atoms with van der Waals surface area (Å²) >= 11 is 6.20. The Morgan fingerprint density at radius 1 is 1.00 bits per heavy atom. The van der Waals surface area contributed by atoms with Gasteiger partial charge in [-0.05, 0) is 23.6 Å². The summed E-state index contributed by atoms with van der Waals surface area (Å²) in [6, 6.07) is 22.7. The van der Waals surface area contributed by atoms with Crippen LogP contribution in [0.25, 0.3) is 0 Å². The lowest BCUT2D eigenvalue weighted by Crippen LogP contribution is -2.28. The first-order valence-corrected chi connectivity index (χ1v) is 11.7. The third-order valence-electron chi connectivity index (χ3n) is 5.09. The van der Waals surface area contributed by atoms with Gasteiger partial charge in [-0.3, -0.25) is 4.79 Å². The second-order valence-electron chi connectivity index (χ2n) is 7.18. The number of hydrogen-bond acceptors (Lipinski definition) is 4. The molecule has 6 nitrogen and oxygen atoms in total. The highest BCUT2D eigenvalue weighted by molar-refractivity contribution is 7.89. The standard InChI is InChI=1S/C23H21ClN2O4S/c24-19-13-20-21(30-15-23(27)26-20)14-22(19)31(28,29)25-12-11-18(16-7-3-1-4-8-16)17-9-5-2-6-10-17/h1-10,13-14,18,25H,11-12,15H2,(H,26,27). The van der Waals surface area contributed by atoms with E-state index in [1.54, 1.807) is 0 Å². The van der Waals surface area contributed by atoms with E-state index in [1.807, 2.05) is 60.7 Å². The van der Waals surface area contributed by atoms with Crippen molar-refractivity contribution in [2.45, 2.75) is 17.2 Å². The highest BCUT2D eigenvalue weighted by atomic mass is 35.5. The molecule has 0 saturated carbocycles. The van der Waals surface area contributed by atoms with Gasteiger partial charge in [0.2, 0.25) is 10.0 Å². The second kappa shape index (κ2) is 9.09. The van der Waals surface area contributed by atoms with Crippen molar-refractivity contribution in [1.29, 1.82) is 0 Å². The van der Waals surface area contributed by atoms with Crippen LogP contribution in [0.2, 0.25) is 5.02 Å². The van der Waals surface area contributed by atoms with Gasteiger partial charge in [0.1, 0.15) is 10.6 Å². The number of carbonyl (C=O) groups excluding carboxylic acids is 1. The summed E-state index contributed by atoms with van der Waals surface area (Å²) in [6.07, 6.45) is 0.572. The first kappa shape index (κ1) is 21.4. The van der Waals surface area contributed by atoms with Crippen LogP contribution in [0.1, 0.15) is 23.5 Å². The molecular weight excluding hydrogens is 436 g/mol. The van der Waals surface area contributed by atoms with E-state index in [0.29, 0.717) is 12.1 Å². The number of anilines is 1. The first-order valence-electron chi connectivity index (χ1n) is 9.80. The van der Waals surface area contributed by atoms with Crippen LogP contribution in [0.3, 0.4) is 0 Å². The third kappa shape index (κ3) is 4.90. The highest BCUT2D eigenvalue weighted by Gasteiger charge is 2.25. The molecule has 0 aromatic heterocycles. The Bertz CT molecular complexity index is 1150. The largest absolute Gasteiger partial charge is 0.482 e. The summed E-state index contributed by atoms with van der Waals surface area (Å²) in [7, 11) is -3.87. The Balaban J connectivity index is 1.52. The number of hydrogen-bond donors (Lipinski definition) is 2. The Kier molecular flexibility index (Phi) is 6.27. The molecule has 0 spiro atoms. The van der Waals surface area contributed by atoms with Crippen molar-refractivity contribution in [2.75, 3.05) is 18.5 Å². The van der Waals surface area contributed by atoms with Crippen LogP contribution >= 0.6 is 11.6 Å². The highest BCUT2D eigenvalue weighted by Crippen LogP contribution is 2.35. The molecule has 0 fully saturated rings. The quantitative estimate of drug-likeness (QED) is 0.558. The van der Waals surface area contributed by atoms with Gasteiger partial charge in [0, 0.05) is 18.5 Å². The van der Waals surface area contributed by atoms with Crippen LogP contribution in [0.15, 0.2) is 77.7 Å². The summed E-state index contributed by atoms with van der Waals surface area (Å²) < 4.78 is 33.8. The summed E-state index contributed by atoms with van der Waals surface area (Å²) in [5.74, 6) is 0.00337. The van der Waals surface area contributed by atoms with E-state index in [2.05, 4.69) is 10.0 Å². The molecule has 1 aliphatic rings. The molecule has 0 atom stereocenters. The number of amides is 1. The minimum Gasteiger partial charge on any atom is -0.482 e. The van der Waals surface area contributed by atoms with E-state index >= 15 is 0 Å². The van der Waals surface area contributed by atoms with Crippen molar-refractivity contribution >= 4 is 33.2 Å². The number of ether oxygens (including phenoxy) is 1. The number of carbonyl (C=O) groups is 1. The molecule has 1 aliphatic heterocycles. The van der Waals surface area contributed by atoms with Crippen molar-refractivity contribution in [3.63, 3.8) is 0 Å². The van der Waals surface area contributed by atoms with Crippen LogP contribution in [-0.2, 0) is 14.8 Å². The van der Waals surface area contributed by atoms with Gasteiger partial charge in [-0.25, -0.2) is 13.1 Å². The summed E-state index contributed by atoms with van der Waals surface area (Å²) in [5, 5.41) is 2.62. The number of rotatable bonds is 7. The van der Waals surface area contributed by atoms with E-state index in [4.69, 9.17) is 16.3 Å². The molecule has 0 aliphatic carbocycles. The molecule has 1 amide bonds. The maximum absolute atomic E-state index is 12.9. The number of fused-ring (bicyclic) bond motifs is 1.